The number of aryl methyl sites for hydroxylation is 1. The number of anilines is 1. The molecule has 6 heteroatoms. The van der Waals surface area contributed by atoms with Crippen molar-refractivity contribution in [3.63, 3.8) is 0 Å². The van der Waals surface area contributed by atoms with E-state index in [1.54, 1.807) is 17.8 Å². The van der Waals surface area contributed by atoms with Crippen LogP contribution in [0.15, 0.2) is 11.2 Å². The minimum atomic E-state index is 0.218. The van der Waals surface area contributed by atoms with Crippen LogP contribution in [0.1, 0.15) is 32.4 Å². The third-order valence-corrected chi connectivity index (χ3v) is 3.67. The van der Waals surface area contributed by atoms with Gasteiger partial charge in [0.25, 0.3) is 0 Å². The number of nitrogens with two attached hydrogens (primary N) is 1. The maximum absolute atomic E-state index is 11.8. The second-order valence-electron chi connectivity index (χ2n) is 4.23. The Labute approximate surface area is 119 Å². The van der Waals surface area contributed by atoms with Crippen molar-refractivity contribution < 1.29 is 4.79 Å². The van der Waals surface area contributed by atoms with Gasteiger partial charge in [0.15, 0.2) is 5.16 Å². The summed E-state index contributed by atoms with van der Waals surface area (Å²) in [7, 11) is 0. The van der Waals surface area contributed by atoms with Gasteiger partial charge in [0.05, 0.1) is 0 Å². The molecule has 2 N–H and O–H groups in total. The first kappa shape index (κ1) is 15.8. The molecule has 0 fully saturated rings. The molecule has 0 radical (unpaired) electrons. The van der Waals surface area contributed by atoms with Gasteiger partial charge in [0, 0.05) is 37.0 Å². The molecule has 1 heterocycles. The topological polar surface area (TPSA) is 72.1 Å². The van der Waals surface area contributed by atoms with Crippen LogP contribution < -0.4 is 5.73 Å². The monoisotopic (exact) mass is 282 g/mol. The molecule has 0 saturated heterocycles. The van der Waals surface area contributed by atoms with Gasteiger partial charge in [-0.3, -0.25) is 4.79 Å². The average Bonchev–Trinajstić information content (AvgIpc) is 2.35. The summed E-state index contributed by atoms with van der Waals surface area (Å²) in [5.74, 6) is 1.54. The van der Waals surface area contributed by atoms with Gasteiger partial charge in [-0.1, -0.05) is 11.8 Å². The highest BCUT2D eigenvalue weighted by Crippen LogP contribution is 2.16. The van der Waals surface area contributed by atoms with E-state index in [4.69, 9.17) is 5.73 Å². The molecule has 1 aromatic rings. The van der Waals surface area contributed by atoms with Gasteiger partial charge in [-0.25, -0.2) is 9.97 Å². The lowest BCUT2D eigenvalue weighted by Crippen LogP contribution is -2.30. The minimum absolute atomic E-state index is 0.218. The molecule has 0 aliphatic rings. The largest absolute Gasteiger partial charge is 0.384 e. The summed E-state index contributed by atoms with van der Waals surface area (Å²) < 4.78 is 0. The molecule has 0 bridgehead atoms. The van der Waals surface area contributed by atoms with Gasteiger partial charge < -0.3 is 10.6 Å². The van der Waals surface area contributed by atoms with Crippen molar-refractivity contribution >= 4 is 23.5 Å². The fraction of sp³-hybridized carbons (Fsp3) is 0.615. The lowest BCUT2D eigenvalue weighted by molar-refractivity contribution is -0.130. The molecule has 0 unspecified atom stereocenters. The van der Waals surface area contributed by atoms with E-state index >= 15 is 0 Å². The first-order valence-electron chi connectivity index (χ1n) is 6.58. The van der Waals surface area contributed by atoms with E-state index in [0.717, 1.165) is 31.0 Å². The Morgan fingerprint density at radius 2 is 2.05 bits per heavy atom. The predicted octanol–water partition coefficient (Wildman–Crippen LogP) is 2.11. The number of hydrogen-bond acceptors (Lipinski definition) is 5. The summed E-state index contributed by atoms with van der Waals surface area (Å²) in [4.78, 5) is 22.1. The van der Waals surface area contributed by atoms with Crippen LogP contribution in [-0.2, 0) is 4.79 Å². The summed E-state index contributed by atoms with van der Waals surface area (Å²) in [6.07, 6.45) is 1.41. The van der Waals surface area contributed by atoms with E-state index < -0.39 is 0 Å². The first-order valence-corrected chi connectivity index (χ1v) is 7.57. The number of nitrogens with zero attached hydrogens (tertiary/aromatic N) is 3. The van der Waals surface area contributed by atoms with Crippen LogP contribution in [0.2, 0.25) is 0 Å². The molecule has 0 saturated carbocycles. The third kappa shape index (κ3) is 5.46. The fourth-order valence-corrected chi connectivity index (χ4v) is 2.60. The van der Waals surface area contributed by atoms with Crippen LogP contribution in [0, 0.1) is 6.92 Å². The number of amides is 1. The Kier molecular flexibility index (Phi) is 6.62. The lowest BCUT2D eigenvalue weighted by atomic mass is 10.3. The zero-order chi connectivity index (χ0) is 14.3. The molecule has 1 rings (SSSR count). The molecule has 106 valence electrons. The Morgan fingerprint density at radius 1 is 1.37 bits per heavy atom. The summed E-state index contributed by atoms with van der Waals surface area (Å²) in [6, 6.07) is 1.74. The van der Waals surface area contributed by atoms with Crippen LogP contribution >= 0.6 is 11.8 Å². The maximum Gasteiger partial charge on any atom is 0.222 e. The molecule has 1 aromatic heterocycles. The van der Waals surface area contributed by atoms with E-state index in [1.165, 1.54) is 0 Å². The van der Waals surface area contributed by atoms with Gasteiger partial charge in [-0.15, -0.1) is 0 Å². The van der Waals surface area contributed by atoms with Crippen molar-refractivity contribution in [1.82, 2.24) is 14.9 Å². The number of nitrogen functional groups attached to an aromatic ring is 1. The van der Waals surface area contributed by atoms with E-state index in [0.29, 0.717) is 17.4 Å². The average molecular weight is 282 g/mol. The Hall–Kier alpha value is -1.30. The summed E-state index contributed by atoms with van der Waals surface area (Å²) >= 11 is 1.54. The van der Waals surface area contributed by atoms with Crippen molar-refractivity contribution in [1.29, 1.82) is 0 Å². The van der Waals surface area contributed by atoms with E-state index in [-0.39, 0.29) is 5.91 Å². The predicted molar refractivity (Wildman–Crippen MR) is 79.1 cm³/mol. The molecule has 0 atom stereocenters. The van der Waals surface area contributed by atoms with Crippen molar-refractivity contribution in [3.05, 3.63) is 11.8 Å². The number of carbonyl (C=O) groups excluding carboxylic acids is 1. The molecule has 5 nitrogen and oxygen atoms in total. The van der Waals surface area contributed by atoms with Crippen molar-refractivity contribution in [3.8, 4) is 0 Å². The smallest absolute Gasteiger partial charge is 0.222 e. The second-order valence-corrected chi connectivity index (χ2v) is 5.30. The highest BCUT2D eigenvalue weighted by atomic mass is 32.2. The standard InChI is InChI=1S/C13H22N4OS/c1-4-17(5-2)12(18)7-6-8-19-13-15-10(3)9-11(14)16-13/h9H,4-8H2,1-3H3,(H2,14,15,16). The fourth-order valence-electron chi connectivity index (χ4n) is 1.75. The highest BCUT2D eigenvalue weighted by molar-refractivity contribution is 7.99. The van der Waals surface area contributed by atoms with Crippen LogP contribution in [0.25, 0.3) is 0 Å². The van der Waals surface area contributed by atoms with Crippen LogP contribution in [0.5, 0.6) is 0 Å². The number of hydrogen-bond donors (Lipinski definition) is 1. The molecule has 19 heavy (non-hydrogen) atoms. The first-order chi connectivity index (χ1) is 9.06. The molecule has 0 aliphatic heterocycles. The van der Waals surface area contributed by atoms with Gasteiger partial charge >= 0.3 is 0 Å². The number of thioether (sulfide) groups is 1. The number of rotatable bonds is 7. The zero-order valence-corrected chi connectivity index (χ0v) is 12.7. The number of carbonyl (C=O) groups is 1. The van der Waals surface area contributed by atoms with Crippen molar-refractivity contribution in [2.45, 2.75) is 38.8 Å². The third-order valence-electron chi connectivity index (χ3n) is 2.74. The Morgan fingerprint density at radius 3 is 2.63 bits per heavy atom. The normalized spacial score (nSPS) is 10.5. The zero-order valence-electron chi connectivity index (χ0n) is 11.8. The van der Waals surface area contributed by atoms with Crippen molar-refractivity contribution in [2.24, 2.45) is 0 Å². The van der Waals surface area contributed by atoms with E-state index in [1.807, 2.05) is 25.7 Å². The highest BCUT2D eigenvalue weighted by Gasteiger charge is 2.09. The van der Waals surface area contributed by atoms with Crippen LogP contribution in [-0.4, -0.2) is 39.6 Å². The Bertz CT molecular complexity index is 401. The van der Waals surface area contributed by atoms with Gasteiger partial charge in [-0.05, 0) is 27.2 Å². The number of aromatic nitrogens is 2. The van der Waals surface area contributed by atoms with Gasteiger partial charge in [-0.2, -0.15) is 0 Å². The summed E-state index contributed by atoms with van der Waals surface area (Å²) in [5, 5.41) is 0.688. The molecular formula is C13H22N4OS. The maximum atomic E-state index is 11.8. The van der Waals surface area contributed by atoms with Gasteiger partial charge in [0.2, 0.25) is 5.91 Å². The van der Waals surface area contributed by atoms with Crippen LogP contribution in [0.4, 0.5) is 5.82 Å². The molecule has 0 spiro atoms. The van der Waals surface area contributed by atoms with E-state index in [2.05, 4.69) is 9.97 Å². The van der Waals surface area contributed by atoms with Crippen LogP contribution in [0.3, 0.4) is 0 Å². The molecule has 0 aliphatic carbocycles. The Balaban J connectivity index is 2.32. The summed E-state index contributed by atoms with van der Waals surface area (Å²) in [5.41, 5.74) is 6.53. The molecule has 0 aromatic carbocycles. The molecular weight excluding hydrogens is 260 g/mol. The second kappa shape index (κ2) is 7.99. The minimum Gasteiger partial charge on any atom is -0.384 e. The van der Waals surface area contributed by atoms with E-state index in [9.17, 15) is 4.79 Å². The molecule has 1 amide bonds. The lowest BCUT2D eigenvalue weighted by Gasteiger charge is -2.18. The van der Waals surface area contributed by atoms with Crippen molar-refractivity contribution in [2.75, 3.05) is 24.6 Å². The van der Waals surface area contributed by atoms with Gasteiger partial charge in [0.1, 0.15) is 5.82 Å². The summed E-state index contributed by atoms with van der Waals surface area (Å²) in [6.45, 7) is 7.45. The quantitative estimate of drug-likeness (QED) is 0.471. The SMILES string of the molecule is CCN(CC)C(=O)CCCSc1nc(C)cc(N)n1.